The highest BCUT2D eigenvalue weighted by Crippen LogP contribution is 2.54. The summed E-state index contributed by atoms with van der Waals surface area (Å²) >= 11 is 0. The van der Waals surface area contributed by atoms with Gasteiger partial charge in [0.2, 0.25) is 0 Å². The minimum Gasteiger partial charge on any atom is -0.309 e. The van der Waals surface area contributed by atoms with Crippen molar-refractivity contribution in [3.8, 4) is 68.2 Å². The molecule has 11 aromatic rings. The molecule has 0 saturated carbocycles. The van der Waals surface area contributed by atoms with E-state index in [2.05, 4.69) is 176 Å². The van der Waals surface area contributed by atoms with Crippen LogP contribution in [0.25, 0.3) is 99.6 Å². The van der Waals surface area contributed by atoms with E-state index in [1.54, 1.807) is 0 Å². The van der Waals surface area contributed by atoms with Crippen LogP contribution in [0.4, 0.5) is 0 Å². The van der Waals surface area contributed by atoms with Crippen molar-refractivity contribution in [2.75, 3.05) is 0 Å². The summed E-state index contributed by atoms with van der Waals surface area (Å²) in [6.45, 7) is 9.29. The maximum Gasteiger partial charge on any atom is 0.0992 e. The molecule has 8 aromatic carbocycles. The molecule has 0 unspecified atom stereocenters. The molecule has 0 aliphatic heterocycles. The summed E-state index contributed by atoms with van der Waals surface area (Å²) in [5.41, 5.74) is 20.2. The highest BCUT2D eigenvalue weighted by atomic mass is 15.0. The summed E-state index contributed by atoms with van der Waals surface area (Å²) in [4.78, 5) is 4.97. The van der Waals surface area contributed by atoms with E-state index >= 15 is 0 Å². The van der Waals surface area contributed by atoms with Gasteiger partial charge in [0.15, 0.2) is 0 Å². The van der Waals surface area contributed by atoms with Crippen LogP contribution in [0.1, 0.15) is 61.1 Å². The van der Waals surface area contributed by atoms with Crippen LogP contribution in [-0.4, -0.2) is 14.1 Å². The van der Waals surface area contributed by atoms with E-state index in [0.29, 0.717) is 11.1 Å². The molecule has 13 rings (SSSR count). The van der Waals surface area contributed by atoms with E-state index in [-0.39, 0.29) is 10.8 Å². The molecule has 0 amide bonds. The van der Waals surface area contributed by atoms with E-state index in [1.165, 1.54) is 44.5 Å². The fourth-order valence-electron chi connectivity index (χ4n) is 11.7. The van der Waals surface area contributed by atoms with Crippen molar-refractivity contribution in [2.24, 2.45) is 0 Å². The molecule has 0 N–H and O–H groups in total. The second kappa shape index (κ2) is 13.5. The van der Waals surface area contributed by atoms with Crippen LogP contribution in [0.3, 0.4) is 0 Å². The number of benzene rings is 8. The number of nitriles is 2. The van der Waals surface area contributed by atoms with Gasteiger partial charge in [0.05, 0.1) is 62.4 Å². The molecule has 0 bridgehead atoms. The summed E-state index contributed by atoms with van der Waals surface area (Å²) in [6, 6.07) is 65.4. The number of hydrogen-bond acceptors (Lipinski definition) is 3. The Labute approximate surface area is 382 Å². The highest BCUT2D eigenvalue weighted by Gasteiger charge is 2.38. The third kappa shape index (κ3) is 5.06. The van der Waals surface area contributed by atoms with Gasteiger partial charge in [-0.1, -0.05) is 125 Å². The lowest BCUT2D eigenvalue weighted by molar-refractivity contribution is 0.661. The van der Waals surface area contributed by atoms with Gasteiger partial charge in [-0.25, -0.2) is 0 Å². The number of nitrogens with zero attached hydrogens (tertiary/aromatic N) is 5. The van der Waals surface area contributed by atoms with Gasteiger partial charge in [-0.2, -0.15) is 10.5 Å². The Morgan fingerprint density at radius 3 is 1.52 bits per heavy atom. The van der Waals surface area contributed by atoms with Gasteiger partial charge < -0.3 is 9.13 Å². The van der Waals surface area contributed by atoms with Crippen molar-refractivity contribution in [3.05, 3.63) is 209 Å². The Morgan fingerprint density at radius 2 is 0.924 bits per heavy atom. The second-order valence-electron chi connectivity index (χ2n) is 19.0. The van der Waals surface area contributed by atoms with Crippen molar-refractivity contribution in [3.63, 3.8) is 0 Å². The fourth-order valence-corrected chi connectivity index (χ4v) is 11.7. The number of pyridine rings is 1. The minimum absolute atomic E-state index is 0.225. The maximum absolute atomic E-state index is 10.9. The van der Waals surface area contributed by atoms with Crippen molar-refractivity contribution in [2.45, 2.75) is 38.5 Å². The van der Waals surface area contributed by atoms with Gasteiger partial charge >= 0.3 is 0 Å². The predicted octanol–water partition coefficient (Wildman–Crippen LogP) is 15.0. The summed E-state index contributed by atoms with van der Waals surface area (Å²) in [5, 5.41) is 26.1. The van der Waals surface area contributed by atoms with E-state index in [9.17, 15) is 10.5 Å². The van der Waals surface area contributed by atoms with Crippen molar-refractivity contribution < 1.29 is 0 Å². The standard InChI is InChI=1S/C61H41N5/c1-60(2)49-19-9-5-15-38(49)43-30-45-40-17-7-11-22-54(40)65(57(45)32-51(43)60)56-29-36(34-62)24-25-42(56)47-27-37(35-63)28-48(53-21-13-14-26-64-53)59(47)66-55-23-12-8-18-41(55)46-31-44-39-16-6-10-20-50(39)61(3,4)52(44)33-58(46)66/h5-33H,1-4H3. The molecule has 310 valence electrons. The monoisotopic (exact) mass is 843 g/mol. The first-order valence-corrected chi connectivity index (χ1v) is 22.6. The van der Waals surface area contributed by atoms with E-state index in [0.717, 1.165) is 77.4 Å². The lowest BCUT2D eigenvalue weighted by atomic mass is 9.82. The first-order valence-electron chi connectivity index (χ1n) is 22.6. The van der Waals surface area contributed by atoms with Crippen LogP contribution < -0.4 is 0 Å². The average molecular weight is 844 g/mol. The maximum atomic E-state index is 10.9. The zero-order valence-corrected chi connectivity index (χ0v) is 37.0. The molecule has 2 aliphatic carbocycles. The molecule has 5 nitrogen and oxygen atoms in total. The van der Waals surface area contributed by atoms with Gasteiger partial charge in [0.25, 0.3) is 0 Å². The Bertz CT molecular complexity index is 4010. The summed E-state index contributed by atoms with van der Waals surface area (Å²) in [6.07, 6.45) is 1.82. The largest absolute Gasteiger partial charge is 0.309 e. The molecule has 5 heteroatoms. The van der Waals surface area contributed by atoms with Gasteiger partial charge in [0.1, 0.15) is 0 Å². The summed E-state index contributed by atoms with van der Waals surface area (Å²) < 4.78 is 4.76. The van der Waals surface area contributed by atoms with Crippen LogP contribution in [-0.2, 0) is 10.8 Å². The number of aromatic nitrogens is 3. The first kappa shape index (κ1) is 38.0. The predicted molar refractivity (Wildman–Crippen MR) is 268 cm³/mol. The molecule has 0 saturated heterocycles. The number of fused-ring (bicyclic) bond motifs is 12. The SMILES string of the molecule is CC1(C)c2ccccc2-c2cc3c4ccccc4n(-c4cc(C#N)ccc4-c4cc(C#N)cc(-c5ccccn5)c4-n4c5ccccc5c5cc6c(cc54)C(C)(C)c4ccccc4-6)c3cc21. The molecule has 0 spiro atoms. The van der Waals surface area contributed by atoms with Gasteiger partial charge in [0, 0.05) is 55.3 Å². The van der Waals surface area contributed by atoms with Crippen LogP contribution >= 0.6 is 0 Å². The quantitative estimate of drug-likeness (QED) is 0.177. The molecule has 3 aromatic heterocycles. The second-order valence-corrected chi connectivity index (χ2v) is 19.0. The normalized spacial score (nSPS) is 14.0. The van der Waals surface area contributed by atoms with Crippen LogP contribution in [0.2, 0.25) is 0 Å². The third-order valence-corrected chi connectivity index (χ3v) is 14.8. The Hall–Kier alpha value is -8.51. The fraction of sp³-hybridized carbons (Fsp3) is 0.0984. The highest BCUT2D eigenvalue weighted by molar-refractivity contribution is 6.14. The van der Waals surface area contributed by atoms with Crippen LogP contribution in [0, 0.1) is 22.7 Å². The molecule has 66 heavy (non-hydrogen) atoms. The summed E-state index contributed by atoms with van der Waals surface area (Å²) in [7, 11) is 0. The van der Waals surface area contributed by atoms with E-state index in [1.807, 2.05) is 48.7 Å². The van der Waals surface area contributed by atoms with E-state index < -0.39 is 0 Å². The number of hydrogen-bond donors (Lipinski definition) is 0. The zero-order chi connectivity index (χ0) is 44.6. The Morgan fingerprint density at radius 1 is 0.394 bits per heavy atom. The van der Waals surface area contributed by atoms with Crippen LogP contribution in [0.15, 0.2) is 176 Å². The third-order valence-electron chi connectivity index (χ3n) is 14.8. The minimum atomic E-state index is -0.231. The molecule has 0 fully saturated rings. The van der Waals surface area contributed by atoms with Gasteiger partial charge in [-0.05, 0) is 117 Å². The Kier molecular flexibility index (Phi) is 7.77. The average Bonchev–Trinajstić information content (AvgIpc) is 4.00. The molecule has 0 radical (unpaired) electrons. The van der Waals surface area contributed by atoms with Gasteiger partial charge in [-0.3, -0.25) is 4.98 Å². The molecular formula is C61H41N5. The smallest absolute Gasteiger partial charge is 0.0992 e. The zero-order valence-electron chi connectivity index (χ0n) is 37.0. The van der Waals surface area contributed by atoms with Crippen LogP contribution in [0.5, 0.6) is 0 Å². The first-order chi connectivity index (χ1) is 32.2. The number of para-hydroxylation sites is 2. The molecule has 2 aliphatic rings. The van der Waals surface area contributed by atoms with E-state index in [4.69, 9.17) is 4.98 Å². The Balaban J connectivity index is 1.18. The molecule has 3 heterocycles. The topological polar surface area (TPSA) is 70.3 Å². The van der Waals surface area contributed by atoms with Crippen molar-refractivity contribution in [1.29, 1.82) is 10.5 Å². The van der Waals surface area contributed by atoms with Crippen molar-refractivity contribution in [1.82, 2.24) is 14.1 Å². The van der Waals surface area contributed by atoms with Gasteiger partial charge in [-0.15, -0.1) is 0 Å². The molecular weight excluding hydrogens is 803 g/mol. The number of rotatable bonds is 4. The summed E-state index contributed by atoms with van der Waals surface area (Å²) in [5.74, 6) is 0. The molecule has 0 atom stereocenters. The lowest BCUT2D eigenvalue weighted by Gasteiger charge is -2.24. The lowest BCUT2D eigenvalue weighted by Crippen LogP contribution is -2.15. The van der Waals surface area contributed by atoms with Crippen molar-refractivity contribution >= 4 is 43.6 Å².